The van der Waals surface area contributed by atoms with Gasteiger partial charge in [0.15, 0.2) is 10.2 Å². The maximum Gasteiger partial charge on any atom is 0.190 e. The molecule has 3 rings (SSSR count). The van der Waals surface area contributed by atoms with Crippen molar-refractivity contribution in [1.82, 2.24) is 4.98 Å². The number of hydrogen-bond donors (Lipinski definition) is 2. The van der Waals surface area contributed by atoms with E-state index in [0.717, 1.165) is 27.5 Å². The lowest BCUT2D eigenvalue weighted by Crippen LogP contribution is -2.18. The van der Waals surface area contributed by atoms with Crippen LogP contribution in [0.1, 0.15) is 31.7 Å². The van der Waals surface area contributed by atoms with E-state index < -0.39 is 0 Å². The van der Waals surface area contributed by atoms with E-state index in [4.69, 9.17) is 23.8 Å². The topological polar surface area (TPSA) is 37.0 Å². The summed E-state index contributed by atoms with van der Waals surface area (Å²) < 4.78 is 1.03. The van der Waals surface area contributed by atoms with E-state index in [0.29, 0.717) is 16.1 Å². The molecule has 0 radical (unpaired) electrons. The van der Waals surface area contributed by atoms with Crippen molar-refractivity contribution in [3.8, 4) is 0 Å². The molecule has 3 aromatic rings. The standard InChI is InChI=1S/C18H18ClN3S2/c1-3-11(2)12-7-9-13(10-8-12)20-17(23)22-18-21-16-14(19)5-4-6-15(16)24-18/h4-11H,3H2,1-2H3,(H2,20,21,22,23). The van der Waals surface area contributed by atoms with Gasteiger partial charge in [-0.1, -0.05) is 55.0 Å². The summed E-state index contributed by atoms with van der Waals surface area (Å²) in [6.07, 6.45) is 1.13. The van der Waals surface area contributed by atoms with Crippen molar-refractivity contribution < 1.29 is 0 Å². The van der Waals surface area contributed by atoms with Crippen LogP contribution in [0.4, 0.5) is 10.8 Å². The summed E-state index contributed by atoms with van der Waals surface area (Å²) in [6, 6.07) is 14.1. The zero-order valence-corrected chi connectivity index (χ0v) is 15.9. The highest BCUT2D eigenvalue weighted by molar-refractivity contribution is 7.80. The first-order valence-corrected chi connectivity index (χ1v) is 9.40. The number of aromatic nitrogens is 1. The van der Waals surface area contributed by atoms with Crippen LogP contribution in [0.3, 0.4) is 0 Å². The van der Waals surface area contributed by atoms with Crippen molar-refractivity contribution in [1.29, 1.82) is 0 Å². The highest BCUT2D eigenvalue weighted by atomic mass is 35.5. The van der Waals surface area contributed by atoms with E-state index in [-0.39, 0.29) is 0 Å². The van der Waals surface area contributed by atoms with Gasteiger partial charge in [-0.25, -0.2) is 4.98 Å². The van der Waals surface area contributed by atoms with Crippen molar-refractivity contribution in [2.75, 3.05) is 10.6 Å². The van der Waals surface area contributed by atoms with Crippen LogP contribution in [-0.4, -0.2) is 10.1 Å². The van der Waals surface area contributed by atoms with Crippen molar-refractivity contribution in [3.63, 3.8) is 0 Å². The molecule has 0 aliphatic carbocycles. The maximum absolute atomic E-state index is 6.16. The molecular weight excluding hydrogens is 358 g/mol. The quantitative estimate of drug-likeness (QED) is 0.527. The fraction of sp³-hybridized carbons (Fsp3) is 0.222. The van der Waals surface area contributed by atoms with Crippen LogP contribution in [0.2, 0.25) is 5.02 Å². The molecule has 0 spiro atoms. The Hall–Kier alpha value is -1.69. The van der Waals surface area contributed by atoms with Gasteiger partial charge in [0, 0.05) is 5.69 Å². The van der Waals surface area contributed by atoms with Crippen LogP contribution in [0, 0.1) is 0 Å². The van der Waals surface area contributed by atoms with Gasteiger partial charge in [-0.05, 0) is 54.4 Å². The molecule has 1 heterocycles. The lowest BCUT2D eigenvalue weighted by atomic mass is 9.99. The van der Waals surface area contributed by atoms with Crippen LogP contribution in [0.25, 0.3) is 10.2 Å². The van der Waals surface area contributed by atoms with Crippen LogP contribution in [-0.2, 0) is 0 Å². The number of thiocarbonyl (C=S) groups is 1. The number of nitrogens with one attached hydrogen (secondary N) is 2. The third-order valence-corrected chi connectivity index (χ3v) is 5.39. The summed E-state index contributed by atoms with van der Waals surface area (Å²) in [5.74, 6) is 0.566. The summed E-state index contributed by atoms with van der Waals surface area (Å²) in [5, 5.41) is 8.21. The molecule has 2 N–H and O–H groups in total. The van der Waals surface area contributed by atoms with Gasteiger partial charge in [-0.15, -0.1) is 0 Å². The van der Waals surface area contributed by atoms with Gasteiger partial charge in [0.1, 0.15) is 5.52 Å². The molecule has 1 aromatic heterocycles. The summed E-state index contributed by atoms with van der Waals surface area (Å²) in [7, 11) is 0. The second kappa shape index (κ2) is 7.47. The van der Waals surface area contributed by atoms with Gasteiger partial charge in [0.05, 0.1) is 9.72 Å². The molecule has 6 heteroatoms. The van der Waals surface area contributed by atoms with Crippen molar-refractivity contribution in [3.05, 3.63) is 53.1 Å². The van der Waals surface area contributed by atoms with Crippen molar-refractivity contribution in [2.24, 2.45) is 0 Å². The number of fused-ring (bicyclic) bond motifs is 1. The van der Waals surface area contributed by atoms with Gasteiger partial charge >= 0.3 is 0 Å². The molecule has 0 fully saturated rings. The summed E-state index contributed by atoms with van der Waals surface area (Å²) in [4.78, 5) is 4.49. The van der Waals surface area contributed by atoms with E-state index in [2.05, 4.69) is 41.6 Å². The van der Waals surface area contributed by atoms with Crippen LogP contribution in [0.15, 0.2) is 42.5 Å². The highest BCUT2D eigenvalue weighted by Crippen LogP contribution is 2.30. The normalized spacial score (nSPS) is 12.1. The smallest absolute Gasteiger partial charge is 0.190 e. The zero-order valence-electron chi connectivity index (χ0n) is 13.5. The predicted molar refractivity (Wildman–Crippen MR) is 110 cm³/mol. The first-order valence-electron chi connectivity index (χ1n) is 7.80. The third kappa shape index (κ3) is 3.86. The number of halogens is 1. The highest BCUT2D eigenvalue weighted by Gasteiger charge is 2.08. The average molecular weight is 376 g/mol. The largest absolute Gasteiger partial charge is 0.332 e. The summed E-state index contributed by atoms with van der Waals surface area (Å²) in [5.41, 5.74) is 3.09. The van der Waals surface area contributed by atoms with Gasteiger partial charge < -0.3 is 10.6 Å². The number of nitrogens with zero attached hydrogens (tertiary/aromatic N) is 1. The molecule has 0 aliphatic rings. The molecule has 0 bridgehead atoms. The minimum absolute atomic E-state index is 0.515. The average Bonchev–Trinajstić information content (AvgIpc) is 2.98. The fourth-order valence-corrected chi connectivity index (χ4v) is 3.81. The molecule has 0 amide bonds. The molecule has 2 aromatic carbocycles. The maximum atomic E-state index is 6.16. The molecular formula is C18H18ClN3S2. The van der Waals surface area contributed by atoms with E-state index >= 15 is 0 Å². The number of benzene rings is 2. The Morgan fingerprint density at radius 3 is 2.62 bits per heavy atom. The Balaban J connectivity index is 1.67. The fourth-order valence-electron chi connectivity index (χ4n) is 2.36. The monoisotopic (exact) mass is 375 g/mol. The van der Waals surface area contributed by atoms with Crippen molar-refractivity contribution in [2.45, 2.75) is 26.2 Å². The Labute approximate surface area is 156 Å². The van der Waals surface area contributed by atoms with Crippen LogP contribution in [0.5, 0.6) is 0 Å². The second-order valence-electron chi connectivity index (χ2n) is 5.62. The molecule has 24 heavy (non-hydrogen) atoms. The summed E-state index contributed by atoms with van der Waals surface area (Å²) >= 11 is 13.1. The number of anilines is 2. The first-order chi connectivity index (χ1) is 11.6. The predicted octanol–water partition coefficient (Wildman–Crippen LogP) is 6.27. The third-order valence-electron chi connectivity index (χ3n) is 3.94. The van der Waals surface area contributed by atoms with Gasteiger partial charge in [0.25, 0.3) is 0 Å². The Bertz CT molecular complexity index is 858. The summed E-state index contributed by atoms with van der Waals surface area (Å²) in [6.45, 7) is 4.42. The molecule has 124 valence electrons. The lowest BCUT2D eigenvalue weighted by molar-refractivity contribution is 0.734. The SMILES string of the molecule is CCC(C)c1ccc(NC(=S)Nc2nc3c(Cl)cccc3s2)cc1. The lowest BCUT2D eigenvalue weighted by Gasteiger charge is -2.11. The molecule has 1 atom stereocenters. The van der Waals surface area contributed by atoms with Crippen molar-refractivity contribution >= 4 is 61.3 Å². The first kappa shape index (κ1) is 17.1. The van der Waals surface area contributed by atoms with E-state index in [1.165, 1.54) is 16.9 Å². The Kier molecular flexibility index (Phi) is 5.33. The van der Waals surface area contributed by atoms with E-state index in [1.54, 1.807) is 0 Å². The zero-order chi connectivity index (χ0) is 17.1. The Morgan fingerprint density at radius 1 is 1.21 bits per heavy atom. The number of rotatable bonds is 4. The Morgan fingerprint density at radius 2 is 1.96 bits per heavy atom. The minimum atomic E-state index is 0.515. The van der Waals surface area contributed by atoms with Crippen LogP contribution < -0.4 is 10.6 Å². The number of thiazole rings is 1. The molecule has 3 nitrogen and oxygen atoms in total. The van der Waals surface area contributed by atoms with Gasteiger partial charge in [-0.3, -0.25) is 0 Å². The number of hydrogen-bond acceptors (Lipinski definition) is 3. The minimum Gasteiger partial charge on any atom is -0.332 e. The molecule has 0 saturated carbocycles. The van der Waals surface area contributed by atoms with E-state index in [1.807, 2.05) is 30.3 Å². The second-order valence-corrected chi connectivity index (χ2v) is 7.46. The molecule has 1 unspecified atom stereocenters. The number of para-hydroxylation sites is 1. The molecule has 0 aliphatic heterocycles. The van der Waals surface area contributed by atoms with E-state index in [9.17, 15) is 0 Å². The van der Waals surface area contributed by atoms with Gasteiger partial charge in [-0.2, -0.15) is 0 Å². The van der Waals surface area contributed by atoms with Gasteiger partial charge in [0.2, 0.25) is 0 Å². The molecule has 0 saturated heterocycles. The van der Waals surface area contributed by atoms with Crippen LogP contribution >= 0.6 is 35.2 Å².